The van der Waals surface area contributed by atoms with Crippen molar-refractivity contribution in [3.8, 4) is 11.3 Å². The Labute approximate surface area is 142 Å². The quantitative estimate of drug-likeness (QED) is 0.699. The zero-order valence-corrected chi connectivity index (χ0v) is 14.4. The fraction of sp³-hybridized carbons (Fsp3) is 0.190. The lowest BCUT2D eigenvalue weighted by atomic mass is 10.0. The highest BCUT2D eigenvalue weighted by Gasteiger charge is 2.16. The summed E-state index contributed by atoms with van der Waals surface area (Å²) in [5, 5.41) is 2.96. The third-order valence-electron chi connectivity index (χ3n) is 4.28. The SMILES string of the molecule is Cc1cccc(C)c1NC(=O)c1ccc(-c2c(C)cccc2C)o1. The van der Waals surface area contributed by atoms with Gasteiger partial charge in [-0.2, -0.15) is 0 Å². The standard InChI is InChI=1S/C21H21NO2/c1-13-7-5-8-14(2)19(13)17-11-12-18(24-17)21(23)22-20-15(3)9-6-10-16(20)4/h5-12H,1-4H3,(H,22,23). The van der Waals surface area contributed by atoms with Gasteiger partial charge >= 0.3 is 0 Å². The molecule has 0 aliphatic carbocycles. The van der Waals surface area contributed by atoms with Crippen molar-refractivity contribution in [3.63, 3.8) is 0 Å². The van der Waals surface area contributed by atoms with Crippen LogP contribution < -0.4 is 5.32 Å². The molecule has 0 saturated heterocycles. The number of carbonyl (C=O) groups excluding carboxylic acids is 1. The van der Waals surface area contributed by atoms with Crippen molar-refractivity contribution in [3.05, 3.63) is 76.5 Å². The highest BCUT2D eigenvalue weighted by atomic mass is 16.3. The lowest BCUT2D eigenvalue weighted by Crippen LogP contribution is -2.12. The van der Waals surface area contributed by atoms with Crippen molar-refractivity contribution >= 4 is 11.6 Å². The van der Waals surface area contributed by atoms with Gasteiger partial charge in [-0.1, -0.05) is 36.4 Å². The summed E-state index contributed by atoms with van der Waals surface area (Å²) in [6.07, 6.45) is 0. The molecule has 0 saturated carbocycles. The Balaban J connectivity index is 1.90. The Morgan fingerprint density at radius 3 is 1.92 bits per heavy atom. The number of rotatable bonds is 3. The van der Waals surface area contributed by atoms with E-state index in [1.54, 1.807) is 6.07 Å². The van der Waals surface area contributed by atoms with E-state index in [4.69, 9.17) is 4.42 Å². The molecule has 1 N–H and O–H groups in total. The minimum atomic E-state index is -0.232. The molecule has 0 aliphatic rings. The Bertz CT molecular complexity index is 865. The average molecular weight is 319 g/mol. The van der Waals surface area contributed by atoms with Gasteiger partial charge in [0, 0.05) is 11.3 Å². The number of hydrogen-bond donors (Lipinski definition) is 1. The van der Waals surface area contributed by atoms with Crippen LogP contribution >= 0.6 is 0 Å². The van der Waals surface area contributed by atoms with E-state index in [1.807, 2.05) is 70.2 Å². The van der Waals surface area contributed by atoms with Crippen molar-refractivity contribution in [2.24, 2.45) is 0 Å². The summed E-state index contributed by atoms with van der Waals surface area (Å²) >= 11 is 0. The van der Waals surface area contributed by atoms with Crippen LogP contribution in [0.2, 0.25) is 0 Å². The number of hydrogen-bond acceptors (Lipinski definition) is 2. The van der Waals surface area contributed by atoms with Crippen LogP contribution in [0, 0.1) is 27.7 Å². The first-order valence-corrected chi connectivity index (χ1v) is 8.01. The maximum Gasteiger partial charge on any atom is 0.291 e. The molecule has 3 nitrogen and oxygen atoms in total. The van der Waals surface area contributed by atoms with Gasteiger partial charge in [0.2, 0.25) is 0 Å². The minimum Gasteiger partial charge on any atom is -0.451 e. The number of aryl methyl sites for hydroxylation is 4. The van der Waals surface area contributed by atoms with Crippen molar-refractivity contribution in [1.82, 2.24) is 0 Å². The Morgan fingerprint density at radius 2 is 1.33 bits per heavy atom. The van der Waals surface area contributed by atoms with E-state index in [2.05, 4.69) is 5.32 Å². The molecule has 1 heterocycles. The predicted octanol–water partition coefficient (Wildman–Crippen LogP) is 5.43. The zero-order valence-electron chi connectivity index (χ0n) is 14.4. The smallest absolute Gasteiger partial charge is 0.291 e. The van der Waals surface area contributed by atoms with Gasteiger partial charge < -0.3 is 9.73 Å². The molecule has 0 radical (unpaired) electrons. The summed E-state index contributed by atoms with van der Waals surface area (Å²) < 4.78 is 5.83. The molecular formula is C21H21NO2. The molecule has 0 fully saturated rings. The molecule has 24 heavy (non-hydrogen) atoms. The van der Waals surface area contributed by atoms with Crippen LogP contribution in [-0.2, 0) is 0 Å². The van der Waals surface area contributed by atoms with E-state index < -0.39 is 0 Å². The maximum absolute atomic E-state index is 12.5. The largest absolute Gasteiger partial charge is 0.451 e. The van der Waals surface area contributed by atoms with Crippen LogP contribution in [0.3, 0.4) is 0 Å². The van der Waals surface area contributed by atoms with Gasteiger partial charge in [-0.05, 0) is 62.1 Å². The summed E-state index contributed by atoms with van der Waals surface area (Å²) in [6.45, 7) is 8.04. The number of carbonyl (C=O) groups is 1. The van der Waals surface area contributed by atoms with Gasteiger partial charge in [-0.25, -0.2) is 0 Å². The molecule has 3 aromatic rings. The molecule has 3 rings (SSSR count). The average Bonchev–Trinajstić information content (AvgIpc) is 3.00. The highest BCUT2D eigenvalue weighted by molar-refractivity contribution is 6.03. The highest BCUT2D eigenvalue weighted by Crippen LogP contribution is 2.29. The Morgan fingerprint density at radius 1 is 0.792 bits per heavy atom. The molecule has 0 spiro atoms. The van der Waals surface area contributed by atoms with Crippen molar-refractivity contribution < 1.29 is 9.21 Å². The molecule has 0 bridgehead atoms. The minimum absolute atomic E-state index is 0.232. The van der Waals surface area contributed by atoms with Gasteiger partial charge in [0.05, 0.1) is 0 Å². The number of benzene rings is 2. The molecule has 1 aromatic heterocycles. The first kappa shape index (κ1) is 16.1. The lowest BCUT2D eigenvalue weighted by molar-refractivity contribution is 0.0997. The second kappa shape index (κ2) is 6.36. The van der Waals surface area contributed by atoms with E-state index in [0.717, 1.165) is 39.3 Å². The molecule has 122 valence electrons. The maximum atomic E-state index is 12.5. The van der Waals surface area contributed by atoms with Crippen LogP contribution in [0.5, 0.6) is 0 Å². The fourth-order valence-electron chi connectivity index (χ4n) is 2.98. The van der Waals surface area contributed by atoms with Crippen LogP contribution in [-0.4, -0.2) is 5.91 Å². The number of para-hydroxylation sites is 1. The third-order valence-corrected chi connectivity index (χ3v) is 4.28. The Kier molecular flexibility index (Phi) is 4.26. The molecule has 0 atom stereocenters. The van der Waals surface area contributed by atoms with Crippen molar-refractivity contribution in [2.45, 2.75) is 27.7 Å². The number of amides is 1. The van der Waals surface area contributed by atoms with Crippen LogP contribution in [0.4, 0.5) is 5.69 Å². The van der Waals surface area contributed by atoms with Gasteiger partial charge in [-0.3, -0.25) is 4.79 Å². The monoisotopic (exact) mass is 319 g/mol. The molecule has 1 amide bonds. The van der Waals surface area contributed by atoms with E-state index in [0.29, 0.717) is 5.76 Å². The molecular weight excluding hydrogens is 298 g/mol. The van der Waals surface area contributed by atoms with Gasteiger partial charge in [0.15, 0.2) is 5.76 Å². The third kappa shape index (κ3) is 2.98. The second-order valence-corrected chi connectivity index (χ2v) is 6.15. The number of anilines is 1. The zero-order chi connectivity index (χ0) is 17.3. The van der Waals surface area contributed by atoms with E-state index in [9.17, 15) is 4.79 Å². The molecule has 2 aromatic carbocycles. The predicted molar refractivity (Wildman–Crippen MR) is 97.5 cm³/mol. The number of nitrogens with one attached hydrogen (secondary N) is 1. The summed E-state index contributed by atoms with van der Waals surface area (Å²) in [4.78, 5) is 12.5. The van der Waals surface area contributed by atoms with Gasteiger partial charge in [0.1, 0.15) is 5.76 Å². The summed E-state index contributed by atoms with van der Waals surface area (Å²) in [5.41, 5.74) is 6.21. The summed E-state index contributed by atoms with van der Waals surface area (Å²) in [5.74, 6) is 0.803. The first-order valence-electron chi connectivity index (χ1n) is 8.01. The second-order valence-electron chi connectivity index (χ2n) is 6.15. The van der Waals surface area contributed by atoms with Crippen molar-refractivity contribution in [1.29, 1.82) is 0 Å². The fourth-order valence-corrected chi connectivity index (χ4v) is 2.98. The van der Waals surface area contributed by atoms with E-state index >= 15 is 0 Å². The van der Waals surface area contributed by atoms with E-state index in [-0.39, 0.29) is 5.91 Å². The molecule has 0 aliphatic heterocycles. The normalized spacial score (nSPS) is 10.7. The summed E-state index contributed by atoms with van der Waals surface area (Å²) in [7, 11) is 0. The van der Waals surface area contributed by atoms with E-state index in [1.165, 1.54) is 0 Å². The molecule has 0 unspecified atom stereocenters. The van der Waals surface area contributed by atoms with Crippen LogP contribution in [0.1, 0.15) is 32.8 Å². The van der Waals surface area contributed by atoms with Gasteiger partial charge in [0.25, 0.3) is 5.91 Å². The Hall–Kier alpha value is -2.81. The van der Waals surface area contributed by atoms with Crippen LogP contribution in [0.25, 0.3) is 11.3 Å². The molecule has 3 heteroatoms. The lowest BCUT2D eigenvalue weighted by Gasteiger charge is -2.10. The van der Waals surface area contributed by atoms with Gasteiger partial charge in [-0.15, -0.1) is 0 Å². The van der Waals surface area contributed by atoms with Crippen LogP contribution in [0.15, 0.2) is 52.9 Å². The summed E-state index contributed by atoms with van der Waals surface area (Å²) in [6, 6.07) is 15.6. The topological polar surface area (TPSA) is 42.2 Å². The number of furan rings is 1. The first-order chi connectivity index (χ1) is 11.5. The van der Waals surface area contributed by atoms with Crippen molar-refractivity contribution in [2.75, 3.05) is 5.32 Å².